The third-order valence-electron chi connectivity index (χ3n) is 2.78. The van der Waals surface area contributed by atoms with Crippen LogP contribution >= 0.6 is 22.6 Å². The normalized spacial score (nSPS) is 10.8. The van der Waals surface area contributed by atoms with Crippen LogP contribution in [-0.4, -0.2) is 0 Å². The molecule has 88 valence electrons. The fraction of sp³-hybridized carbons (Fsp3) is 0.250. The molecule has 2 aromatic carbocycles. The Morgan fingerprint density at radius 1 is 0.941 bits per heavy atom. The van der Waals surface area contributed by atoms with Gasteiger partial charge in [-0.25, -0.2) is 0 Å². The highest BCUT2D eigenvalue weighted by atomic mass is 127. The van der Waals surface area contributed by atoms with E-state index in [-0.39, 0.29) is 0 Å². The molecule has 0 saturated heterocycles. The van der Waals surface area contributed by atoms with Crippen LogP contribution in [0.2, 0.25) is 0 Å². The number of halogens is 1. The zero-order valence-corrected chi connectivity index (χ0v) is 12.4. The lowest BCUT2D eigenvalue weighted by Crippen LogP contribution is -1.93. The summed E-state index contributed by atoms with van der Waals surface area (Å²) in [7, 11) is 0. The Morgan fingerprint density at radius 2 is 1.59 bits per heavy atom. The molecule has 0 N–H and O–H groups in total. The van der Waals surface area contributed by atoms with E-state index in [4.69, 9.17) is 0 Å². The molecular formula is C16H17I. The summed E-state index contributed by atoms with van der Waals surface area (Å²) in [6, 6.07) is 17.5. The van der Waals surface area contributed by atoms with E-state index in [1.54, 1.807) is 0 Å². The van der Waals surface area contributed by atoms with Crippen LogP contribution in [0.4, 0.5) is 0 Å². The van der Waals surface area contributed by atoms with Crippen LogP contribution in [0.3, 0.4) is 0 Å². The van der Waals surface area contributed by atoms with Crippen LogP contribution in [0, 0.1) is 9.49 Å². The largest absolute Gasteiger partial charge is 0.0625 e. The summed E-state index contributed by atoms with van der Waals surface area (Å²) in [5, 5.41) is 0. The third kappa shape index (κ3) is 3.32. The van der Waals surface area contributed by atoms with Gasteiger partial charge in [0.05, 0.1) is 0 Å². The molecule has 0 amide bonds. The van der Waals surface area contributed by atoms with Crippen molar-refractivity contribution in [2.45, 2.75) is 20.3 Å². The van der Waals surface area contributed by atoms with Crippen molar-refractivity contribution in [2.75, 3.05) is 0 Å². The Balaban J connectivity index is 2.27. The van der Waals surface area contributed by atoms with Gasteiger partial charge < -0.3 is 0 Å². The maximum Gasteiger partial charge on any atom is 0.0208 e. The van der Waals surface area contributed by atoms with Crippen LogP contribution in [0.15, 0.2) is 48.5 Å². The van der Waals surface area contributed by atoms with Crippen molar-refractivity contribution >= 4 is 22.6 Å². The van der Waals surface area contributed by atoms with Gasteiger partial charge in [0, 0.05) is 3.57 Å². The first-order valence-electron chi connectivity index (χ1n) is 6.00. The molecule has 2 rings (SSSR count). The Bertz CT molecular complexity index is 483. The van der Waals surface area contributed by atoms with Crippen molar-refractivity contribution in [2.24, 2.45) is 5.92 Å². The van der Waals surface area contributed by atoms with Crippen molar-refractivity contribution in [3.8, 4) is 11.1 Å². The Hall–Kier alpha value is -0.830. The van der Waals surface area contributed by atoms with Gasteiger partial charge in [0.2, 0.25) is 0 Å². The molecule has 0 heterocycles. The number of hydrogen-bond acceptors (Lipinski definition) is 0. The van der Waals surface area contributed by atoms with E-state index < -0.39 is 0 Å². The van der Waals surface area contributed by atoms with Gasteiger partial charge in [-0.15, -0.1) is 0 Å². The lowest BCUT2D eigenvalue weighted by atomic mass is 9.99. The molecule has 0 bridgehead atoms. The molecule has 0 aromatic heterocycles. The number of hydrogen-bond donors (Lipinski definition) is 0. The average Bonchev–Trinajstić information content (AvgIpc) is 2.30. The van der Waals surface area contributed by atoms with Gasteiger partial charge in [0.1, 0.15) is 0 Å². The Labute approximate surface area is 117 Å². The first-order chi connectivity index (χ1) is 8.16. The predicted octanol–water partition coefficient (Wildman–Crippen LogP) is 5.16. The van der Waals surface area contributed by atoms with Gasteiger partial charge >= 0.3 is 0 Å². The molecule has 0 aliphatic heterocycles. The van der Waals surface area contributed by atoms with E-state index in [0.29, 0.717) is 0 Å². The predicted molar refractivity (Wildman–Crippen MR) is 83.1 cm³/mol. The minimum Gasteiger partial charge on any atom is -0.0625 e. The van der Waals surface area contributed by atoms with E-state index in [1.165, 1.54) is 20.3 Å². The molecule has 0 radical (unpaired) electrons. The maximum absolute atomic E-state index is 2.39. The van der Waals surface area contributed by atoms with Crippen molar-refractivity contribution in [3.05, 3.63) is 57.7 Å². The van der Waals surface area contributed by atoms with Gasteiger partial charge in [-0.1, -0.05) is 56.3 Å². The highest BCUT2D eigenvalue weighted by Crippen LogP contribution is 2.25. The molecule has 1 heteroatoms. The molecule has 0 fully saturated rings. The minimum atomic E-state index is 0.720. The van der Waals surface area contributed by atoms with Gasteiger partial charge in [-0.05, 0) is 57.7 Å². The molecule has 0 spiro atoms. The summed E-state index contributed by atoms with van der Waals surface area (Å²) in [5.74, 6) is 0.720. The van der Waals surface area contributed by atoms with E-state index >= 15 is 0 Å². The topological polar surface area (TPSA) is 0 Å². The van der Waals surface area contributed by atoms with E-state index in [0.717, 1.165) is 12.3 Å². The van der Waals surface area contributed by atoms with E-state index in [9.17, 15) is 0 Å². The van der Waals surface area contributed by atoms with Crippen LogP contribution in [0.5, 0.6) is 0 Å². The van der Waals surface area contributed by atoms with Gasteiger partial charge in [-0.3, -0.25) is 0 Å². The summed E-state index contributed by atoms with van der Waals surface area (Å²) < 4.78 is 1.31. The zero-order chi connectivity index (χ0) is 12.3. The van der Waals surface area contributed by atoms with Crippen molar-refractivity contribution in [1.82, 2.24) is 0 Å². The van der Waals surface area contributed by atoms with Crippen molar-refractivity contribution in [1.29, 1.82) is 0 Å². The summed E-state index contributed by atoms with van der Waals surface area (Å²) in [6.07, 6.45) is 1.16. The second-order valence-electron chi connectivity index (χ2n) is 4.77. The Morgan fingerprint density at radius 3 is 2.18 bits per heavy atom. The zero-order valence-electron chi connectivity index (χ0n) is 10.3. The van der Waals surface area contributed by atoms with Crippen LogP contribution in [0.25, 0.3) is 11.1 Å². The molecule has 0 atom stereocenters. The number of rotatable bonds is 3. The van der Waals surface area contributed by atoms with Gasteiger partial charge in [0.15, 0.2) is 0 Å². The second-order valence-corrected chi connectivity index (χ2v) is 5.94. The quantitative estimate of drug-likeness (QED) is 0.680. The standard InChI is InChI=1S/C16H17I/c1-12(2)11-13-7-9-14(10-8-13)15-5-3-4-6-16(15)17/h3-10,12H,11H2,1-2H3. The monoisotopic (exact) mass is 336 g/mol. The highest BCUT2D eigenvalue weighted by molar-refractivity contribution is 14.1. The van der Waals surface area contributed by atoms with Crippen molar-refractivity contribution in [3.63, 3.8) is 0 Å². The summed E-state index contributed by atoms with van der Waals surface area (Å²) in [4.78, 5) is 0. The SMILES string of the molecule is CC(C)Cc1ccc(-c2ccccc2I)cc1. The first kappa shape index (κ1) is 12.6. The minimum absolute atomic E-state index is 0.720. The summed E-state index contributed by atoms with van der Waals surface area (Å²) >= 11 is 2.39. The molecule has 2 aromatic rings. The van der Waals surface area contributed by atoms with Gasteiger partial charge in [0.25, 0.3) is 0 Å². The smallest absolute Gasteiger partial charge is 0.0208 e. The summed E-state index contributed by atoms with van der Waals surface area (Å²) in [6.45, 7) is 4.52. The van der Waals surface area contributed by atoms with Crippen LogP contribution < -0.4 is 0 Å². The summed E-state index contributed by atoms with van der Waals surface area (Å²) in [5.41, 5.74) is 4.06. The Kier molecular flexibility index (Phi) is 4.21. The van der Waals surface area contributed by atoms with Crippen LogP contribution in [0.1, 0.15) is 19.4 Å². The molecule has 17 heavy (non-hydrogen) atoms. The molecule has 0 unspecified atom stereocenters. The molecular weight excluding hydrogens is 319 g/mol. The second kappa shape index (κ2) is 5.67. The van der Waals surface area contributed by atoms with E-state index in [1.807, 2.05) is 0 Å². The fourth-order valence-corrected chi connectivity index (χ4v) is 2.69. The van der Waals surface area contributed by atoms with Crippen LogP contribution in [-0.2, 0) is 6.42 Å². The van der Waals surface area contributed by atoms with E-state index in [2.05, 4.69) is 85.0 Å². The number of benzene rings is 2. The lowest BCUT2D eigenvalue weighted by molar-refractivity contribution is 0.647. The molecule has 0 aliphatic rings. The average molecular weight is 336 g/mol. The first-order valence-corrected chi connectivity index (χ1v) is 7.08. The molecule has 0 nitrogen and oxygen atoms in total. The van der Waals surface area contributed by atoms with Gasteiger partial charge in [-0.2, -0.15) is 0 Å². The van der Waals surface area contributed by atoms with Crippen molar-refractivity contribution < 1.29 is 0 Å². The molecule has 0 saturated carbocycles. The third-order valence-corrected chi connectivity index (χ3v) is 3.72. The fourth-order valence-electron chi connectivity index (χ4n) is 1.99. The maximum atomic E-state index is 2.39. The highest BCUT2D eigenvalue weighted by Gasteiger charge is 2.02. The molecule has 0 aliphatic carbocycles. The lowest BCUT2D eigenvalue weighted by Gasteiger charge is -2.08.